The molecule has 0 spiro atoms. The molecule has 0 amide bonds. The number of hydrogen-bond donors (Lipinski definition) is 1. The van der Waals surface area contributed by atoms with E-state index in [1.165, 1.54) is 0 Å². The number of aryl methyl sites for hydroxylation is 3. The molecule has 7 nitrogen and oxygen atoms in total. The SMILES string of the molecule is CCCCc1nc2c(C)cc(-c3nc4ccccc4n3C)cc2n1Cc1ccc(-c2ccccc2OC(=O)O)cc1. The molecular formula is C34H32N4O3. The molecule has 0 bridgehead atoms. The van der Waals surface area contributed by atoms with Gasteiger partial charge in [-0.3, -0.25) is 0 Å². The number of unbranched alkanes of at least 4 members (excludes halogenated alkanes) is 1. The lowest BCUT2D eigenvalue weighted by Gasteiger charge is -2.12. The number of hydrogen-bond acceptors (Lipinski definition) is 4. The van der Waals surface area contributed by atoms with Gasteiger partial charge < -0.3 is 19.0 Å². The van der Waals surface area contributed by atoms with E-state index in [1.54, 1.807) is 12.1 Å². The third kappa shape index (κ3) is 5.07. The van der Waals surface area contributed by atoms with E-state index >= 15 is 0 Å². The summed E-state index contributed by atoms with van der Waals surface area (Å²) in [7, 11) is 2.06. The van der Waals surface area contributed by atoms with Crippen molar-refractivity contribution < 1.29 is 14.6 Å². The van der Waals surface area contributed by atoms with Gasteiger partial charge in [0.15, 0.2) is 0 Å². The lowest BCUT2D eigenvalue weighted by atomic mass is 10.0. The highest BCUT2D eigenvalue weighted by Gasteiger charge is 2.18. The van der Waals surface area contributed by atoms with E-state index in [0.717, 1.165) is 80.8 Å². The smallest absolute Gasteiger partial charge is 0.449 e. The van der Waals surface area contributed by atoms with E-state index < -0.39 is 6.16 Å². The van der Waals surface area contributed by atoms with Crippen LogP contribution in [-0.2, 0) is 20.0 Å². The van der Waals surface area contributed by atoms with E-state index in [1.807, 2.05) is 42.5 Å². The van der Waals surface area contributed by atoms with Gasteiger partial charge in [0, 0.05) is 31.1 Å². The summed E-state index contributed by atoms with van der Waals surface area (Å²) in [4.78, 5) is 21.2. The van der Waals surface area contributed by atoms with Crippen LogP contribution in [0.25, 0.3) is 44.6 Å². The molecule has 4 aromatic carbocycles. The van der Waals surface area contributed by atoms with Crippen molar-refractivity contribution in [3.8, 4) is 28.3 Å². The summed E-state index contributed by atoms with van der Waals surface area (Å²) in [6, 6.07) is 28.0. The number of nitrogens with zero attached hydrogens (tertiary/aromatic N) is 4. The van der Waals surface area contributed by atoms with Gasteiger partial charge in [-0.25, -0.2) is 14.8 Å². The normalized spacial score (nSPS) is 11.4. The lowest BCUT2D eigenvalue weighted by Crippen LogP contribution is -2.06. The highest BCUT2D eigenvalue weighted by Crippen LogP contribution is 2.32. The van der Waals surface area contributed by atoms with Gasteiger partial charge in [-0.2, -0.15) is 0 Å². The molecule has 6 aromatic rings. The van der Waals surface area contributed by atoms with Gasteiger partial charge in [-0.15, -0.1) is 0 Å². The molecule has 0 fully saturated rings. The first-order chi connectivity index (χ1) is 19.9. The van der Waals surface area contributed by atoms with Gasteiger partial charge in [0.2, 0.25) is 0 Å². The Morgan fingerprint density at radius 2 is 1.66 bits per heavy atom. The van der Waals surface area contributed by atoms with Crippen LogP contribution in [0.15, 0.2) is 84.9 Å². The molecule has 1 N–H and O–H groups in total. The Morgan fingerprint density at radius 1 is 0.902 bits per heavy atom. The van der Waals surface area contributed by atoms with Crippen LogP contribution in [0.2, 0.25) is 0 Å². The zero-order valence-electron chi connectivity index (χ0n) is 23.5. The van der Waals surface area contributed by atoms with Crippen molar-refractivity contribution in [2.45, 2.75) is 39.7 Å². The van der Waals surface area contributed by atoms with Crippen molar-refractivity contribution in [1.82, 2.24) is 19.1 Å². The number of fused-ring (bicyclic) bond motifs is 2. The molecule has 2 aromatic heterocycles. The van der Waals surface area contributed by atoms with Crippen LogP contribution in [0.1, 0.15) is 36.7 Å². The van der Waals surface area contributed by atoms with Crippen molar-refractivity contribution in [1.29, 1.82) is 0 Å². The van der Waals surface area contributed by atoms with Crippen molar-refractivity contribution in [2.75, 3.05) is 0 Å². The zero-order valence-corrected chi connectivity index (χ0v) is 23.5. The fourth-order valence-corrected chi connectivity index (χ4v) is 5.54. The minimum atomic E-state index is -1.33. The fraction of sp³-hybridized carbons (Fsp3) is 0.206. The van der Waals surface area contributed by atoms with Crippen LogP contribution < -0.4 is 4.74 Å². The zero-order chi connectivity index (χ0) is 28.5. The van der Waals surface area contributed by atoms with E-state index in [0.29, 0.717) is 12.3 Å². The van der Waals surface area contributed by atoms with Crippen LogP contribution in [0.4, 0.5) is 4.79 Å². The topological polar surface area (TPSA) is 82.2 Å². The summed E-state index contributed by atoms with van der Waals surface area (Å²) < 4.78 is 9.49. The van der Waals surface area contributed by atoms with E-state index in [4.69, 9.17) is 19.8 Å². The monoisotopic (exact) mass is 544 g/mol. The summed E-state index contributed by atoms with van der Waals surface area (Å²) in [6.45, 7) is 5.00. The Labute approximate surface area is 238 Å². The number of para-hydroxylation sites is 3. The average Bonchev–Trinajstić information content (AvgIpc) is 3.50. The Bertz CT molecular complexity index is 1880. The van der Waals surface area contributed by atoms with Crippen LogP contribution in [0.3, 0.4) is 0 Å². The maximum absolute atomic E-state index is 11.2. The number of carboxylic acid groups (broad SMARTS) is 1. The van der Waals surface area contributed by atoms with Crippen LogP contribution >= 0.6 is 0 Å². The first-order valence-electron chi connectivity index (χ1n) is 13.9. The van der Waals surface area contributed by atoms with Gasteiger partial charge >= 0.3 is 6.16 Å². The maximum atomic E-state index is 11.2. The molecule has 0 radical (unpaired) electrons. The van der Waals surface area contributed by atoms with Gasteiger partial charge in [0.05, 0.1) is 22.1 Å². The number of carbonyl (C=O) groups is 1. The Balaban J connectivity index is 1.40. The number of ether oxygens (including phenoxy) is 1. The van der Waals surface area contributed by atoms with Gasteiger partial charge in [0.1, 0.15) is 17.4 Å². The first-order valence-corrected chi connectivity index (χ1v) is 13.9. The maximum Gasteiger partial charge on any atom is 0.511 e. The summed E-state index contributed by atoms with van der Waals surface area (Å²) in [6.07, 6.45) is 1.75. The molecule has 0 aliphatic carbocycles. The molecule has 206 valence electrons. The highest BCUT2D eigenvalue weighted by atomic mass is 16.7. The van der Waals surface area contributed by atoms with E-state index in [9.17, 15) is 4.79 Å². The second-order valence-corrected chi connectivity index (χ2v) is 10.4. The van der Waals surface area contributed by atoms with Crippen molar-refractivity contribution in [3.63, 3.8) is 0 Å². The number of rotatable bonds is 8. The van der Waals surface area contributed by atoms with Gasteiger partial charge in [0.25, 0.3) is 0 Å². The number of benzene rings is 4. The van der Waals surface area contributed by atoms with Crippen molar-refractivity contribution in [3.05, 3.63) is 102 Å². The molecule has 0 saturated carbocycles. The minimum Gasteiger partial charge on any atom is -0.449 e. The molecule has 7 heteroatoms. The predicted octanol–water partition coefficient (Wildman–Crippen LogP) is 8.01. The van der Waals surface area contributed by atoms with E-state index in [-0.39, 0.29) is 0 Å². The average molecular weight is 545 g/mol. The molecule has 0 aliphatic rings. The molecule has 2 heterocycles. The lowest BCUT2D eigenvalue weighted by molar-refractivity contribution is 0.144. The van der Waals surface area contributed by atoms with Gasteiger partial charge in [-0.1, -0.05) is 67.9 Å². The molecule has 41 heavy (non-hydrogen) atoms. The van der Waals surface area contributed by atoms with E-state index in [2.05, 4.69) is 60.4 Å². The summed E-state index contributed by atoms with van der Waals surface area (Å²) in [5.74, 6) is 2.34. The Hall–Kier alpha value is -4.91. The predicted molar refractivity (Wildman–Crippen MR) is 162 cm³/mol. The number of imidazole rings is 2. The minimum absolute atomic E-state index is 0.320. The standard InChI is InChI=1S/C34H32N4O3/c1-4-5-14-31-36-32-22(2)19-25(33-35-27-11-7-8-12-28(27)37(33)3)20-29(32)38(31)21-23-15-17-24(18-16-23)26-10-6-9-13-30(26)41-34(39)40/h6-13,15-20H,4-5,14,21H2,1-3H3,(H,39,40). The fourth-order valence-electron chi connectivity index (χ4n) is 5.54. The Morgan fingerprint density at radius 3 is 2.41 bits per heavy atom. The van der Waals surface area contributed by atoms with Gasteiger partial charge in [-0.05, 0) is 60.4 Å². The summed E-state index contributed by atoms with van der Waals surface area (Å²) in [5, 5.41) is 9.13. The molecular weight excluding hydrogens is 512 g/mol. The third-order valence-electron chi connectivity index (χ3n) is 7.61. The largest absolute Gasteiger partial charge is 0.511 e. The Kier molecular flexibility index (Phi) is 7.01. The highest BCUT2D eigenvalue weighted by molar-refractivity contribution is 5.87. The van der Waals surface area contributed by atoms with Crippen LogP contribution in [0.5, 0.6) is 5.75 Å². The van der Waals surface area contributed by atoms with Crippen molar-refractivity contribution >= 4 is 28.2 Å². The molecule has 0 unspecified atom stereocenters. The molecule has 0 saturated heterocycles. The quantitative estimate of drug-likeness (QED) is 0.155. The second-order valence-electron chi connectivity index (χ2n) is 10.4. The van der Waals surface area contributed by atoms with Crippen LogP contribution in [-0.4, -0.2) is 30.4 Å². The molecule has 0 aliphatic heterocycles. The second kappa shape index (κ2) is 10.9. The first kappa shape index (κ1) is 26.3. The van der Waals surface area contributed by atoms with Crippen LogP contribution in [0, 0.1) is 6.92 Å². The summed E-state index contributed by atoms with van der Waals surface area (Å²) in [5.41, 5.74) is 9.18. The third-order valence-corrected chi connectivity index (χ3v) is 7.61. The number of aromatic nitrogens is 4. The molecule has 0 atom stereocenters. The molecule has 6 rings (SSSR count). The summed E-state index contributed by atoms with van der Waals surface area (Å²) >= 11 is 0. The van der Waals surface area contributed by atoms with Crippen molar-refractivity contribution in [2.24, 2.45) is 7.05 Å².